The van der Waals surface area contributed by atoms with Crippen molar-refractivity contribution in [2.75, 3.05) is 0 Å². The van der Waals surface area contributed by atoms with E-state index in [1.165, 1.54) is 12.4 Å². The van der Waals surface area contributed by atoms with Crippen molar-refractivity contribution in [1.82, 2.24) is 9.97 Å². The van der Waals surface area contributed by atoms with Gasteiger partial charge in [0.15, 0.2) is 0 Å². The molecular formula is C4H4Br2N2O. The van der Waals surface area contributed by atoms with Gasteiger partial charge in [-0.05, 0) is 15.9 Å². The van der Waals surface area contributed by atoms with Gasteiger partial charge in [0.1, 0.15) is 0 Å². The van der Waals surface area contributed by atoms with Gasteiger partial charge in [-0.1, -0.05) is 0 Å². The zero-order valence-electron chi connectivity index (χ0n) is 4.30. The van der Waals surface area contributed by atoms with E-state index in [-0.39, 0.29) is 22.7 Å². The van der Waals surface area contributed by atoms with Gasteiger partial charge >= 0.3 is 5.69 Å². The number of H-pyrrole nitrogens is 1. The topological polar surface area (TPSA) is 45.8 Å². The minimum absolute atomic E-state index is 0. The van der Waals surface area contributed by atoms with E-state index in [0.29, 0.717) is 0 Å². The van der Waals surface area contributed by atoms with E-state index in [4.69, 9.17) is 0 Å². The van der Waals surface area contributed by atoms with Crippen LogP contribution >= 0.6 is 32.9 Å². The highest BCUT2D eigenvalue weighted by atomic mass is 79.9. The van der Waals surface area contributed by atoms with Crippen LogP contribution in [0.15, 0.2) is 21.7 Å². The quantitative estimate of drug-likeness (QED) is 0.755. The maximum Gasteiger partial charge on any atom is 0.344 e. The zero-order valence-corrected chi connectivity index (χ0v) is 7.60. The molecule has 1 rings (SSSR count). The number of halogens is 2. The maximum absolute atomic E-state index is 10.2. The third kappa shape index (κ3) is 2.76. The summed E-state index contributed by atoms with van der Waals surface area (Å²) in [4.78, 5) is 16.0. The summed E-state index contributed by atoms with van der Waals surface area (Å²) >= 11 is 3.11. The zero-order chi connectivity index (χ0) is 5.98. The lowest BCUT2D eigenvalue weighted by Crippen LogP contribution is -2.06. The third-order valence-electron chi connectivity index (χ3n) is 0.639. The first-order chi connectivity index (χ1) is 3.79. The summed E-state index contributed by atoms with van der Waals surface area (Å²) in [5.74, 6) is 0. The van der Waals surface area contributed by atoms with Gasteiger partial charge in [-0.15, -0.1) is 17.0 Å². The first-order valence-electron chi connectivity index (χ1n) is 1.99. The van der Waals surface area contributed by atoms with Gasteiger partial charge in [-0.2, -0.15) is 0 Å². The van der Waals surface area contributed by atoms with Gasteiger partial charge in [0.05, 0.1) is 4.47 Å². The summed E-state index contributed by atoms with van der Waals surface area (Å²) in [5, 5.41) is 0. The van der Waals surface area contributed by atoms with Crippen LogP contribution in [0.4, 0.5) is 0 Å². The summed E-state index contributed by atoms with van der Waals surface area (Å²) in [6.07, 6.45) is 2.98. The molecule has 3 nitrogen and oxygen atoms in total. The molecule has 0 amide bonds. The Balaban J connectivity index is 0.000000640. The lowest BCUT2D eigenvalue weighted by Gasteiger charge is -1.81. The second-order valence-corrected chi connectivity index (χ2v) is 2.15. The normalized spacial score (nSPS) is 8.11. The SMILES string of the molecule is Br.O=c1ncc(Br)c[nH]1. The second-order valence-electron chi connectivity index (χ2n) is 1.24. The first kappa shape index (κ1) is 8.84. The second kappa shape index (κ2) is 3.79. The molecule has 0 saturated heterocycles. The molecule has 5 heteroatoms. The van der Waals surface area contributed by atoms with Crippen LogP contribution in [0.1, 0.15) is 0 Å². The van der Waals surface area contributed by atoms with Crippen LogP contribution in [0.5, 0.6) is 0 Å². The molecule has 1 N–H and O–H groups in total. The molecule has 0 fully saturated rings. The monoisotopic (exact) mass is 254 g/mol. The molecule has 0 radical (unpaired) electrons. The van der Waals surface area contributed by atoms with E-state index >= 15 is 0 Å². The highest BCUT2D eigenvalue weighted by Gasteiger charge is 1.82. The van der Waals surface area contributed by atoms with Crippen molar-refractivity contribution in [3.05, 3.63) is 27.4 Å². The molecule has 0 aromatic carbocycles. The maximum atomic E-state index is 10.2. The van der Waals surface area contributed by atoms with Crippen molar-refractivity contribution in [1.29, 1.82) is 0 Å². The number of nitrogens with zero attached hydrogens (tertiary/aromatic N) is 1. The Morgan fingerprint density at radius 2 is 2.33 bits per heavy atom. The summed E-state index contributed by atoms with van der Waals surface area (Å²) in [5.41, 5.74) is -0.326. The average molecular weight is 256 g/mol. The summed E-state index contributed by atoms with van der Waals surface area (Å²) in [7, 11) is 0. The molecule has 0 atom stereocenters. The molecule has 0 aliphatic heterocycles. The fourth-order valence-electron chi connectivity index (χ4n) is 0.326. The fraction of sp³-hybridized carbons (Fsp3) is 0. The number of aromatic nitrogens is 2. The van der Waals surface area contributed by atoms with E-state index in [9.17, 15) is 4.79 Å². The smallest absolute Gasteiger partial charge is 0.312 e. The van der Waals surface area contributed by atoms with Crippen molar-refractivity contribution in [2.24, 2.45) is 0 Å². The first-order valence-corrected chi connectivity index (χ1v) is 2.78. The highest BCUT2D eigenvalue weighted by molar-refractivity contribution is 9.10. The van der Waals surface area contributed by atoms with Crippen molar-refractivity contribution in [3.63, 3.8) is 0 Å². The summed E-state index contributed by atoms with van der Waals surface area (Å²) < 4.78 is 0.775. The van der Waals surface area contributed by atoms with E-state index in [1.807, 2.05) is 0 Å². The largest absolute Gasteiger partial charge is 0.344 e. The van der Waals surface area contributed by atoms with Crippen LogP contribution in [-0.2, 0) is 0 Å². The number of hydrogen-bond donors (Lipinski definition) is 1. The molecule has 50 valence electrons. The lowest BCUT2D eigenvalue weighted by atomic mass is 10.7. The molecule has 1 aromatic rings. The Morgan fingerprint density at radius 1 is 1.67 bits per heavy atom. The standard InChI is InChI=1S/C4H3BrN2O.BrH/c5-3-1-6-4(8)7-2-3;/h1-2H,(H,6,7,8);1H. The van der Waals surface area contributed by atoms with Gasteiger partial charge in [0.25, 0.3) is 0 Å². The molecule has 0 aliphatic rings. The number of rotatable bonds is 0. The van der Waals surface area contributed by atoms with E-state index in [2.05, 4.69) is 25.9 Å². The highest BCUT2D eigenvalue weighted by Crippen LogP contribution is 1.99. The van der Waals surface area contributed by atoms with E-state index in [1.54, 1.807) is 0 Å². The van der Waals surface area contributed by atoms with Crippen molar-refractivity contribution >= 4 is 32.9 Å². The number of hydrogen-bond acceptors (Lipinski definition) is 2. The molecule has 0 bridgehead atoms. The van der Waals surface area contributed by atoms with E-state index < -0.39 is 0 Å². The van der Waals surface area contributed by atoms with Gasteiger partial charge in [0.2, 0.25) is 0 Å². The van der Waals surface area contributed by atoms with Gasteiger partial charge in [-0.25, -0.2) is 9.78 Å². The molecule has 0 aliphatic carbocycles. The van der Waals surface area contributed by atoms with Gasteiger partial charge < -0.3 is 4.98 Å². The van der Waals surface area contributed by atoms with Crippen LogP contribution in [0.25, 0.3) is 0 Å². The Hall–Kier alpha value is -0.160. The predicted octanol–water partition coefficient (Wildman–Crippen LogP) is 1.11. The minimum Gasteiger partial charge on any atom is -0.312 e. The van der Waals surface area contributed by atoms with E-state index in [0.717, 1.165) is 4.47 Å². The van der Waals surface area contributed by atoms with Crippen molar-refractivity contribution < 1.29 is 0 Å². The molecule has 1 heterocycles. The molecule has 9 heavy (non-hydrogen) atoms. The fourth-order valence-corrected chi connectivity index (χ4v) is 0.542. The van der Waals surface area contributed by atoms with Crippen molar-refractivity contribution in [2.45, 2.75) is 0 Å². The summed E-state index contributed by atoms with van der Waals surface area (Å²) in [6.45, 7) is 0. The third-order valence-corrected chi connectivity index (χ3v) is 1.07. The van der Waals surface area contributed by atoms with Crippen LogP contribution in [0.3, 0.4) is 0 Å². The Kier molecular flexibility index (Phi) is 3.72. The lowest BCUT2D eigenvalue weighted by molar-refractivity contribution is 1.06. The molecule has 0 unspecified atom stereocenters. The van der Waals surface area contributed by atoms with Crippen LogP contribution in [0, 0.1) is 0 Å². The molecule has 0 saturated carbocycles. The molecular weight excluding hydrogens is 252 g/mol. The Labute approximate surface area is 70.4 Å². The summed E-state index contributed by atoms with van der Waals surface area (Å²) in [6, 6.07) is 0. The van der Waals surface area contributed by atoms with Crippen LogP contribution in [0.2, 0.25) is 0 Å². The number of nitrogens with one attached hydrogen (secondary N) is 1. The van der Waals surface area contributed by atoms with Gasteiger partial charge in [-0.3, -0.25) is 0 Å². The average Bonchev–Trinajstić information content (AvgIpc) is 1.77. The Bertz CT molecular complexity index is 214. The molecule has 0 spiro atoms. The van der Waals surface area contributed by atoms with Crippen LogP contribution < -0.4 is 5.69 Å². The van der Waals surface area contributed by atoms with Gasteiger partial charge in [0, 0.05) is 12.4 Å². The Morgan fingerprint density at radius 3 is 2.67 bits per heavy atom. The molecule has 1 aromatic heterocycles. The van der Waals surface area contributed by atoms with Crippen LogP contribution in [-0.4, -0.2) is 9.97 Å². The number of aromatic amines is 1. The predicted molar refractivity (Wildman–Crippen MR) is 42.9 cm³/mol. The van der Waals surface area contributed by atoms with Crippen molar-refractivity contribution in [3.8, 4) is 0 Å². The minimum atomic E-state index is -0.326.